The van der Waals surface area contributed by atoms with Crippen molar-refractivity contribution in [3.63, 3.8) is 0 Å². The van der Waals surface area contributed by atoms with Gasteiger partial charge in [0.2, 0.25) is 0 Å². The fourth-order valence-corrected chi connectivity index (χ4v) is 5.72. The monoisotopic (exact) mass is 399 g/mol. The number of aromatic nitrogens is 4. The van der Waals surface area contributed by atoms with E-state index in [4.69, 9.17) is 5.73 Å². The smallest absolute Gasteiger partial charge is 0.272 e. The van der Waals surface area contributed by atoms with Crippen LogP contribution in [0.25, 0.3) is 21.8 Å². The molecule has 2 saturated carbocycles. The van der Waals surface area contributed by atoms with Crippen LogP contribution >= 0.6 is 0 Å². The SMILES string of the molecule is NC(=O)c1cc2cccnc2n1C1CC2(CCC2)C1c1n[nH]c(=O)c2ccccc12. The topological polar surface area (TPSA) is 107 Å². The van der Waals surface area contributed by atoms with Gasteiger partial charge in [0.15, 0.2) is 0 Å². The highest BCUT2D eigenvalue weighted by atomic mass is 16.1. The highest BCUT2D eigenvalue weighted by Crippen LogP contribution is 2.69. The number of hydrogen-bond acceptors (Lipinski definition) is 4. The number of carbonyl (C=O) groups excluding carboxylic acids is 1. The van der Waals surface area contributed by atoms with Crippen molar-refractivity contribution < 1.29 is 4.79 Å². The van der Waals surface area contributed by atoms with Crippen molar-refractivity contribution in [2.24, 2.45) is 11.1 Å². The van der Waals surface area contributed by atoms with Crippen molar-refractivity contribution in [1.29, 1.82) is 0 Å². The number of pyridine rings is 1. The molecule has 1 spiro atoms. The first kappa shape index (κ1) is 17.4. The van der Waals surface area contributed by atoms with E-state index >= 15 is 0 Å². The van der Waals surface area contributed by atoms with Crippen molar-refractivity contribution in [2.45, 2.75) is 37.6 Å². The number of aromatic amines is 1. The maximum Gasteiger partial charge on any atom is 0.272 e. The first-order valence-corrected chi connectivity index (χ1v) is 10.3. The second kappa shape index (κ2) is 6.01. The molecule has 3 heterocycles. The molecule has 0 saturated heterocycles. The molecule has 3 N–H and O–H groups in total. The van der Waals surface area contributed by atoms with E-state index in [0.717, 1.165) is 41.4 Å². The molecule has 7 nitrogen and oxygen atoms in total. The summed E-state index contributed by atoms with van der Waals surface area (Å²) in [5, 5.41) is 9.66. The number of carbonyl (C=O) groups is 1. The molecule has 0 aliphatic heterocycles. The van der Waals surface area contributed by atoms with E-state index in [1.54, 1.807) is 6.20 Å². The summed E-state index contributed by atoms with van der Waals surface area (Å²) in [5.74, 6) is -0.371. The third-order valence-electron chi connectivity index (χ3n) is 7.21. The van der Waals surface area contributed by atoms with Crippen LogP contribution in [-0.4, -0.2) is 25.7 Å². The van der Waals surface area contributed by atoms with Gasteiger partial charge in [0, 0.05) is 28.9 Å². The third kappa shape index (κ3) is 2.20. The Bertz CT molecular complexity index is 1380. The van der Waals surface area contributed by atoms with E-state index in [9.17, 15) is 9.59 Å². The van der Waals surface area contributed by atoms with Crippen LogP contribution < -0.4 is 11.3 Å². The maximum absolute atomic E-state index is 12.3. The van der Waals surface area contributed by atoms with Gasteiger partial charge in [-0.05, 0) is 48.9 Å². The molecule has 6 rings (SSSR count). The molecular formula is C23H21N5O2. The highest BCUT2D eigenvalue weighted by molar-refractivity contribution is 5.97. The summed E-state index contributed by atoms with van der Waals surface area (Å²) in [6.07, 6.45) is 6.14. The van der Waals surface area contributed by atoms with Crippen LogP contribution in [0.3, 0.4) is 0 Å². The molecule has 2 unspecified atom stereocenters. The fraction of sp³-hybridized carbons (Fsp3) is 0.304. The van der Waals surface area contributed by atoms with Crippen molar-refractivity contribution in [3.05, 3.63) is 70.4 Å². The number of H-pyrrole nitrogens is 1. The van der Waals surface area contributed by atoms with Crippen molar-refractivity contribution in [1.82, 2.24) is 19.7 Å². The van der Waals surface area contributed by atoms with Gasteiger partial charge in [0.1, 0.15) is 11.3 Å². The van der Waals surface area contributed by atoms with Gasteiger partial charge in [0.25, 0.3) is 11.5 Å². The third-order valence-corrected chi connectivity index (χ3v) is 7.21. The molecule has 1 amide bonds. The maximum atomic E-state index is 12.3. The lowest BCUT2D eigenvalue weighted by Gasteiger charge is -2.61. The molecule has 3 aromatic heterocycles. The van der Waals surface area contributed by atoms with E-state index in [0.29, 0.717) is 11.1 Å². The number of nitrogens with two attached hydrogens (primary N) is 1. The number of amides is 1. The van der Waals surface area contributed by atoms with Crippen molar-refractivity contribution in [2.75, 3.05) is 0 Å². The van der Waals surface area contributed by atoms with Gasteiger partial charge < -0.3 is 10.3 Å². The Morgan fingerprint density at radius 1 is 1.17 bits per heavy atom. The van der Waals surface area contributed by atoms with Crippen LogP contribution in [0.2, 0.25) is 0 Å². The van der Waals surface area contributed by atoms with Crippen LogP contribution in [0.15, 0.2) is 53.5 Å². The molecule has 1 aromatic carbocycles. The summed E-state index contributed by atoms with van der Waals surface area (Å²) in [6, 6.07) is 13.3. The summed E-state index contributed by atoms with van der Waals surface area (Å²) >= 11 is 0. The predicted molar refractivity (Wildman–Crippen MR) is 113 cm³/mol. The van der Waals surface area contributed by atoms with Gasteiger partial charge in [-0.15, -0.1) is 0 Å². The molecule has 30 heavy (non-hydrogen) atoms. The zero-order valence-corrected chi connectivity index (χ0v) is 16.3. The largest absolute Gasteiger partial charge is 0.364 e. The second-order valence-corrected chi connectivity index (χ2v) is 8.63. The van der Waals surface area contributed by atoms with Crippen LogP contribution in [-0.2, 0) is 0 Å². The highest BCUT2D eigenvalue weighted by Gasteiger charge is 2.59. The van der Waals surface area contributed by atoms with E-state index in [-0.39, 0.29) is 22.9 Å². The zero-order valence-electron chi connectivity index (χ0n) is 16.3. The number of hydrogen-bond donors (Lipinski definition) is 2. The summed E-state index contributed by atoms with van der Waals surface area (Å²) in [7, 11) is 0. The average molecular weight is 399 g/mol. The first-order chi connectivity index (χ1) is 14.6. The fourth-order valence-electron chi connectivity index (χ4n) is 5.72. The molecule has 7 heteroatoms. The lowest BCUT2D eigenvalue weighted by Crippen LogP contribution is -2.52. The Kier molecular flexibility index (Phi) is 3.48. The summed E-state index contributed by atoms with van der Waals surface area (Å²) in [6.45, 7) is 0. The van der Waals surface area contributed by atoms with Gasteiger partial charge in [-0.2, -0.15) is 5.10 Å². The van der Waals surface area contributed by atoms with Gasteiger partial charge in [0.05, 0.1) is 11.1 Å². The molecular weight excluding hydrogens is 378 g/mol. The Morgan fingerprint density at radius 3 is 2.70 bits per heavy atom. The predicted octanol–water partition coefficient (Wildman–Crippen LogP) is 3.27. The normalized spacial score (nSPS) is 22.1. The molecule has 0 radical (unpaired) electrons. The lowest BCUT2D eigenvalue weighted by atomic mass is 9.46. The minimum atomic E-state index is -0.458. The molecule has 2 aliphatic carbocycles. The van der Waals surface area contributed by atoms with Gasteiger partial charge in [-0.3, -0.25) is 9.59 Å². The van der Waals surface area contributed by atoms with E-state index < -0.39 is 5.91 Å². The number of nitrogens with zero attached hydrogens (tertiary/aromatic N) is 3. The van der Waals surface area contributed by atoms with Crippen LogP contribution in [0.1, 0.15) is 53.8 Å². The van der Waals surface area contributed by atoms with Crippen LogP contribution in [0.5, 0.6) is 0 Å². The number of nitrogens with one attached hydrogen (secondary N) is 1. The average Bonchev–Trinajstić information content (AvgIpc) is 3.08. The molecule has 0 bridgehead atoms. The Labute approximate surface area is 171 Å². The first-order valence-electron chi connectivity index (χ1n) is 10.3. The summed E-state index contributed by atoms with van der Waals surface area (Å²) < 4.78 is 2.01. The second-order valence-electron chi connectivity index (χ2n) is 8.63. The zero-order chi connectivity index (χ0) is 20.5. The Hall–Kier alpha value is -3.48. The summed E-state index contributed by atoms with van der Waals surface area (Å²) in [5.41, 5.74) is 7.86. The van der Waals surface area contributed by atoms with Gasteiger partial charge in [-0.25, -0.2) is 10.1 Å². The molecule has 2 atom stereocenters. The number of fused-ring (bicyclic) bond motifs is 2. The standard InChI is InChI=1S/C23H21N5O2/c24-20(29)16-11-13-5-3-10-25-21(13)28(16)17-12-23(8-4-9-23)18(17)19-14-6-1-2-7-15(14)22(30)27-26-19/h1-3,5-7,10-11,17-18H,4,8-9,12H2,(H2,24,29)(H,27,30). The molecule has 150 valence electrons. The summed E-state index contributed by atoms with van der Waals surface area (Å²) in [4.78, 5) is 29.2. The molecule has 4 aromatic rings. The van der Waals surface area contributed by atoms with E-state index in [2.05, 4.69) is 15.2 Å². The van der Waals surface area contributed by atoms with Crippen LogP contribution in [0, 0.1) is 5.41 Å². The number of benzene rings is 1. The Morgan fingerprint density at radius 2 is 1.97 bits per heavy atom. The quantitative estimate of drug-likeness (QED) is 0.551. The molecule has 2 aliphatic rings. The van der Waals surface area contributed by atoms with Crippen molar-refractivity contribution >= 4 is 27.7 Å². The Balaban J connectivity index is 1.59. The van der Waals surface area contributed by atoms with Gasteiger partial charge >= 0.3 is 0 Å². The number of primary amides is 1. The van der Waals surface area contributed by atoms with Gasteiger partial charge in [-0.1, -0.05) is 24.6 Å². The minimum Gasteiger partial charge on any atom is -0.364 e. The lowest BCUT2D eigenvalue weighted by molar-refractivity contribution is -0.0514. The minimum absolute atomic E-state index is 0.0157. The van der Waals surface area contributed by atoms with E-state index in [1.165, 1.54) is 6.42 Å². The van der Waals surface area contributed by atoms with Crippen LogP contribution in [0.4, 0.5) is 0 Å². The number of rotatable bonds is 3. The van der Waals surface area contributed by atoms with Crippen molar-refractivity contribution in [3.8, 4) is 0 Å². The van der Waals surface area contributed by atoms with E-state index in [1.807, 2.05) is 47.0 Å². The molecule has 2 fully saturated rings.